The Hall–Kier alpha value is -1.50. The predicted octanol–water partition coefficient (Wildman–Crippen LogP) is 2.50. The van der Waals surface area contributed by atoms with Crippen molar-refractivity contribution in [1.82, 2.24) is 4.98 Å². The minimum atomic E-state index is -0.681. The van der Waals surface area contributed by atoms with E-state index in [0.717, 1.165) is 11.1 Å². The monoisotopic (exact) mass is 282 g/mol. The second-order valence-electron chi connectivity index (χ2n) is 4.11. The van der Waals surface area contributed by atoms with Crippen LogP contribution in [0.25, 0.3) is 11.3 Å². The van der Waals surface area contributed by atoms with E-state index in [9.17, 15) is 9.50 Å². The minimum absolute atomic E-state index is 0.0355. The van der Waals surface area contributed by atoms with Gasteiger partial charge in [-0.3, -0.25) is 0 Å². The number of thiazole rings is 1. The average Bonchev–Trinajstić information content (AvgIpc) is 2.87. The largest absolute Gasteiger partial charge is 0.486 e. The molecule has 0 aliphatic heterocycles. The van der Waals surface area contributed by atoms with Crippen LogP contribution < -0.4 is 5.73 Å². The first-order chi connectivity index (χ1) is 9.15. The Morgan fingerprint density at radius 2 is 2.11 bits per heavy atom. The third kappa shape index (κ3) is 3.09. The summed E-state index contributed by atoms with van der Waals surface area (Å²) in [6.07, 6.45) is -0.470. The first-order valence-corrected chi connectivity index (χ1v) is 6.63. The van der Waals surface area contributed by atoms with Gasteiger partial charge in [-0.2, -0.15) is 0 Å². The number of aromatic hydroxyl groups is 1. The van der Waals surface area contributed by atoms with Gasteiger partial charge >= 0.3 is 0 Å². The van der Waals surface area contributed by atoms with Crippen LogP contribution in [-0.4, -0.2) is 29.9 Å². The van der Waals surface area contributed by atoms with Gasteiger partial charge < -0.3 is 15.6 Å². The molecule has 0 saturated carbocycles. The number of nitrogens with zero attached hydrogens (tertiary/aromatic N) is 1. The molecule has 0 aliphatic carbocycles. The topological polar surface area (TPSA) is 68.4 Å². The van der Waals surface area contributed by atoms with Gasteiger partial charge in [0.2, 0.25) is 0 Å². The van der Waals surface area contributed by atoms with Crippen molar-refractivity contribution < 1.29 is 14.2 Å². The quantitative estimate of drug-likeness (QED) is 0.884. The highest BCUT2D eigenvalue weighted by Crippen LogP contribution is 2.27. The van der Waals surface area contributed by atoms with E-state index in [1.54, 1.807) is 5.38 Å². The normalized spacial score (nSPS) is 14.3. The molecule has 0 saturated heterocycles. The van der Waals surface area contributed by atoms with Crippen LogP contribution in [0.3, 0.4) is 0 Å². The van der Waals surface area contributed by atoms with E-state index in [-0.39, 0.29) is 5.19 Å². The van der Waals surface area contributed by atoms with Gasteiger partial charge in [-0.15, -0.1) is 0 Å². The molecule has 3 N–H and O–H groups in total. The summed E-state index contributed by atoms with van der Waals surface area (Å²) >= 11 is 1.17. The van der Waals surface area contributed by atoms with Crippen molar-refractivity contribution in [3.63, 3.8) is 0 Å². The first-order valence-electron chi connectivity index (χ1n) is 5.75. The van der Waals surface area contributed by atoms with Crippen LogP contribution in [0.2, 0.25) is 0 Å². The van der Waals surface area contributed by atoms with Crippen LogP contribution >= 0.6 is 11.3 Å². The van der Waals surface area contributed by atoms with E-state index in [1.807, 2.05) is 24.3 Å². The summed E-state index contributed by atoms with van der Waals surface area (Å²) in [7, 11) is 1.51. The second-order valence-corrected chi connectivity index (χ2v) is 4.95. The van der Waals surface area contributed by atoms with Crippen molar-refractivity contribution in [2.45, 2.75) is 12.1 Å². The van der Waals surface area contributed by atoms with Gasteiger partial charge in [-0.1, -0.05) is 35.6 Å². The van der Waals surface area contributed by atoms with Crippen molar-refractivity contribution in [1.29, 1.82) is 0 Å². The molecule has 19 heavy (non-hydrogen) atoms. The summed E-state index contributed by atoms with van der Waals surface area (Å²) in [5.74, 6) is 0. The highest BCUT2D eigenvalue weighted by molar-refractivity contribution is 7.11. The van der Waals surface area contributed by atoms with Gasteiger partial charge in [-0.05, 0) is 5.56 Å². The number of nitrogens with two attached hydrogens (primary N) is 1. The van der Waals surface area contributed by atoms with Crippen molar-refractivity contribution in [3.8, 4) is 16.5 Å². The Kier molecular flexibility index (Phi) is 4.47. The fraction of sp³-hybridized carbons (Fsp3) is 0.308. The summed E-state index contributed by atoms with van der Waals surface area (Å²) in [6.45, 7) is -0.639. The molecule has 102 valence electrons. The van der Waals surface area contributed by atoms with Gasteiger partial charge in [0, 0.05) is 18.1 Å². The van der Waals surface area contributed by atoms with Gasteiger partial charge in [0.1, 0.15) is 6.67 Å². The average molecular weight is 282 g/mol. The zero-order valence-corrected chi connectivity index (χ0v) is 11.2. The first kappa shape index (κ1) is 13.9. The fourth-order valence-electron chi connectivity index (χ4n) is 1.88. The van der Waals surface area contributed by atoms with Crippen LogP contribution in [-0.2, 0) is 4.74 Å². The number of hydrogen-bond acceptors (Lipinski definition) is 5. The number of benzene rings is 1. The minimum Gasteiger partial charge on any atom is -0.486 e. The standard InChI is InChI=1S/C13H15FN2O2S/c1-18-12(10(15)6-14)9-4-2-8(3-5-9)11-7-19-13(17)16-11/h2-5,7,10,12H,6,15H2,1H3,(H,16,17)/t10-,12-/m1/s1. The van der Waals surface area contributed by atoms with Crippen molar-refractivity contribution in [2.75, 3.05) is 13.8 Å². The summed E-state index contributed by atoms with van der Waals surface area (Å²) in [4.78, 5) is 3.99. The Morgan fingerprint density at radius 3 is 2.58 bits per heavy atom. The van der Waals surface area contributed by atoms with Gasteiger partial charge in [0.05, 0.1) is 17.8 Å². The highest BCUT2D eigenvalue weighted by atomic mass is 32.1. The van der Waals surface area contributed by atoms with Crippen molar-refractivity contribution in [2.24, 2.45) is 5.73 Å². The number of hydrogen-bond donors (Lipinski definition) is 2. The Morgan fingerprint density at radius 1 is 1.42 bits per heavy atom. The maximum Gasteiger partial charge on any atom is 0.271 e. The molecule has 0 spiro atoms. The van der Waals surface area contributed by atoms with Crippen molar-refractivity contribution in [3.05, 3.63) is 35.2 Å². The lowest BCUT2D eigenvalue weighted by Gasteiger charge is -2.20. The molecule has 0 radical (unpaired) electrons. The number of aromatic nitrogens is 1. The molecule has 2 atom stereocenters. The molecule has 0 unspecified atom stereocenters. The zero-order valence-electron chi connectivity index (χ0n) is 10.4. The Balaban J connectivity index is 2.22. The smallest absolute Gasteiger partial charge is 0.271 e. The van der Waals surface area contributed by atoms with E-state index in [4.69, 9.17) is 10.5 Å². The Labute approximate surface area is 114 Å². The number of methoxy groups -OCH3 is 1. The SMILES string of the molecule is CO[C@H](c1ccc(-c2csc(O)n2)cc1)[C@H](N)CF. The molecule has 6 heteroatoms. The lowest BCUT2D eigenvalue weighted by Crippen LogP contribution is -2.31. The van der Waals surface area contributed by atoms with Gasteiger partial charge in [-0.25, -0.2) is 9.37 Å². The third-order valence-corrected chi connectivity index (χ3v) is 3.49. The van der Waals surface area contributed by atoms with E-state index in [0.29, 0.717) is 5.69 Å². The summed E-state index contributed by atoms with van der Waals surface area (Å²) < 4.78 is 17.8. The molecular formula is C13H15FN2O2S. The molecule has 0 amide bonds. The number of alkyl halides is 1. The van der Waals surface area contributed by atoms with E-state index >= 15 is 0 Å². The van der Waals surface area contributed by atoms with Crippen molar-refractivity contribution >= 4 is 11.3 Å². The molecule has 0 fully saturated rings. The molecule has 2 aromatic rings. The lowest BCUT2D eigenvalue weighted by molar-refractivity contribution is 0.0721. The van der Waals surface area contributed by atoms with E-state index < -0.39 is 18.8 Å². The van der Waals surface area contributed by atoms with Crippen LogP contribution in [0.4, 0.5) is 4.39 Å². The lowest BCUT2D eigenvalue weighted by atomic mass is 10.0. The molecule has 1 aromatic heterocycles. The summed E-state index contributed by atoms with van der Waals surface area (Å²) in [5.41, 5.74) is 8.07. The number of ether oxygens (including phenoxy) is 1. The van der Waals surface area contributed by atoms with Crippen LogP contribution in [0.15, 0.2) is 29.6 Å². The Bertz CT molecular complexity index is 530. The maximum absolute atomic E-state index is 12.6. The van der Waals surface area contributed by atoms with Crippen LogP contribution in [0.1, 0.15) is 11.7 Å². The fourth-order valence-corrected chi connectivity index (χ4v) is 2.44. The molecule has 4 nitrogen and oxygen atoms in total. The molecular weight excluding hydrogens is 267 g/mol. The molecule has 1 heterocycles. The van der Waals surface area contributed by atoms with E-state index in [1.165, 1.54) is 18.4 Å². The van der Waals surface area contributed by atoms with Gasteiger partial charge in [0.25, 0.3) is 5.19 Å². The zero-order chi connectivity index (χ0) is 13.8. The molecule has 2 rings (SSSR count). The van der Waals surface area contributed by atoms with Gasteiger partial charge in [0.15, 0.2) is 0 Å². The summed E-state index contributed by atoms with van der Waals surface area (Å²) in [5, 5.41) is 11.0. The van der Waals surface area contributed by atoms with Crippen LogP contribution in [0.5, 0.6) is 5.19 Å². The second kappa shape index (κ2) is 6.10. The molecule has 1 aromatic carbocycles. The summed E-state index contributed by atoms with van der Waals surface area (Å²) in [6, 6.07) is 6.67. The maximum atomic E-state index is 12.6. The number of halogens is 1. The van der Waals surface area contributed by atoms with Crippen LogP contribution in [0, 0.1) is 0 Å². The molecule has 0 bridgehead atoms. The van der Waals surface area contributed by atoms with E-state index in [2.05, 4.69) is 4.98 Å². The number of rotatable bonds is 5. The predicted molar refractivity (Wildman–Crippen MR) is 72.9 cm³/mol. The molecule has 0 aliphatic rings. The third-order valence-electron chi connectivity index (χ3n) is 2.85. The highest BCUT2D eigenvalue weighted by Gasteiger charge is 2.19.